The van der Waals surface area contributed by atoms with Crippen LogP contribution in [0, 0.1) is 6.92 Å². The molecule has 0 aliphatic carbocycles. The summed E-state index contributed by atoms with van der Waals surface area (Å²) >= 11 is 6.18. The quantitative estimate of drug-likeness (QED) is 0.579. The molecule has 2 aromatic carbocycles. The van der Waals surface area contributed by atoms with E-state index in [0.717, 1.165) is 16.6 Å². The summed E-state index contributed by atoms with van der Waals surface area (Å²) in [7, 11) is 1.52. The SMILES string of the molecule is COc1cccc(Cl)c1C(=O)Pc1ccc(OC(C)C)cc1C.[LiH]. The van der Waals surface area contributed by atoms with Gasteiger partial charge < -0.3 is 9.47 Å². The number of rotatable bonds is 6. The van der Waals surface area contributed by atoms with Crippen LogP contribution < -0.4 is 14.8 Å². The van der Waals surface area contributed by atoms with E-state index in [-0.39, 0.29) is 39.1 Å². The van der Waals surface area contributed by atoms with Crippen LogP contribution in [0.15, 0.2) is 36.4 Å². The number of hydrogen-bond donors (Lipinski definition) is 0. The van der Waals surface area contributed by atoms with E-state index in [4.69, 9.17) is 21.1 Å². The third-order valence-corrected chi connectivity index (χ3v) is 4.86. The maximum absolute atomic E-state index is 12.6. The van der Waals surface area contributed by atoms with Crippen LogP contribution in [0.4, 0.5) is 0 Å². The van der Waals surface area contributed by atoms with Crippen molar-refractivity contribution in [3.63, 3.8) is 0 Å². The van der Waals surface area contributed by atoms with Crippen molar-refractivity contribution in [1.29, 1.82) is 0 Å². The first kappa shape index (κ1) is 21.1. The van der Waals surface area contributed by atoms with Gasteiger partial charge in [0.15, 0.2) is 5.52 Å². The molecule has 0 heterocycles. The van der Waals surface area contributed by atoms with Crippen molar-refractivity contribution >= 4 is 49.9 Å². The van der Waals surface area contributed by atoms with Crippen molar-refractivity contribution in [3.05, 3.63) is 52.5 Å². The Balaban J connectivity index is 0.00000288. The number of ether oxygens (including phenoxy) is 2. The molecular formula is C18H21ClLiO3P. The minimum atomic E-state index is -0.0342. The monoisotopic (exact) mass is 358 g/mol. The van der Waals surface area contributed by atoms with Crippen LogP contribution in [-0.4, -0.2) is 37.6 Å². The van der Waals surface area contributed by atoms with E-state index >= 15 is 0 Å². The zero-order valence-corrected chi connectivity index (χ0v) is 15.4. The summed E-state index contributed by atoms with van der Waals surface area (Å²) in [4.78, 5) is 12.6. The molecule has 0 saturated heterocycles. The molecule has 0 aromatic heterocycles. The molecule has 1 unspecified atom stereocenters. The summed E-state index contributed by atoms with van der Waals surface area (Å²) in [5.41, 5.74) is 1.44. The number of aryl methyl sites for hydroxylation is 1. The Labute approximate surface area is 162 Å². The van der Waals surface area contributed by atoms with E-state index in [9.17, 15) is 4.79 Å². The van der Waals surface area contributed by atoms with E-state index in [2.05, 4.69) is 0 Å². The Hall–Kier alpha value is -0.973. The summed E-state index contributed by atoms with van der Waals surface area (Å²) < 4.78 is 10.9. The first-order valence-electron chi connectivity index (χ1n) is 7.33. The topological polar surface area (TPSA) is 35.5 Å². The Kier molecular flexibility index (Phi) is 8.34. The predicted octanol–water partition coefficient (Wildman–Crippen LogP) is 3.94. The maximum atomic E-state index is 12.6. The summed E-state index contributed by atoms with van der Waals surface area (Å²) in [6.07, 6.45) is 0.122. The summed E-state index contributed by atoms with van der Waals surface area (Å²) in [6, 6.07) is 11.0. The van der Waals surface area contributed by atoms with Gasteiger partial charge in [0, 0.05) is 0 Å². The van der Waals surface area contributed by atoms with E-state index < -0.39 is 0 Å². The van der Waals surface area contributed by atoms with E-state index in [0.29, 0.717) is 16.3 Å². The van der Waals surface area contributed by atoms with Crippen LogP contribution in [0.2, 0.25) is 5.02 Å². The number of halogens is 1. The van der Waals surface area contributed by atoms with Crippen molar-refractivity contribution in [2.45, 2.75) is 26.9 Å². The van der Waals surface area contributed by atoms with Crippen LogP contribution in [0.25, 0.3) is 0 Å². The molecule has 0 N–H and O–H groups in total. The first-order chi connectivity index (χ1) is 10.9. The molecular weight excluding hydrogens is 338 g/mol. The fraction of sp³-hybridized carbons (Fsp3) is 0.278. The van der Waals surface area contributed by atoms with Gasteiger partial charge in [0.05, 0.1) is 23.8 Å². The molecule has 6 heteroatoms. The second kappa shape index (κ2) is 9.49. The fourth-order valence-electron chi connectivity index (χ4n) is 2.20. The van der Waals surface area contributed by atoms with Crippen molar-refractivity contribution in [1.82, 2.24) is 0 Å². The fourth-order valence-corrected chi connectivity index (χ4v) is 3.60. The van der Waals surface area contributed by atoms with E-state index in [1.165, 1.54) is 7.11 Å². The van der Waals surface area contributed by atoms with Gasteiger partial charge in [-0.1, -0.05) is 23.7 Å². The number of benzene rings is 2. The summed E-state index contributed by atoms with van der Waals surface area (Å²) in [5.74, 6) is 1.32. The Morgan fingerprint density at radius 3 is 2.50 bits per heavy atom. The van der Waals surface area contributed by atoms with Gasteiger partial charge in [0.2, 0.25) is 0 Å². The zero-order chi connectivity index (χ0) is 17.0. The Morgan fingerprint density at radius 1 is 1.21 bits per heavy atom. The average Bonchev–Trinajstić information content (AvgIpc) is 2.48. The van der Waals surface area contributed by atoms with Crippen LogP contribution >= 0.6 is 20.2 Å². The second-order valence-corrected chi connectivity index (χ2v) is 7.06. The van der Waals surface area contributed by atoms with Crippen LogP contribution in [-0.2, 0) is 0 Å². The molecule has 0 radical (unpaired) electrons. The molecule has 2 aromatic rings. The Bertz CT molecular complexity index is 719. The first-order valence-corrected chi connectivity index (χ1v) is 8.71. The van der Waals surface area contributed by atoms with Gasteiger partial charge >= 0.3 is 18.9 Å². The summed E-state index contributed by atoms with van der Waals surface area (Å²) in [5, 5.41) is 1.40. The average molecular weight is 359 g/mol. The van der Waals surface area contributed by atoms with Gasteiger partial charge in [-0.15, -0.1) is 0 Å². The van der Waals surface area contributed by atoms with Gasteiger partial charge in [-0.05, 0) is 64.5 Å². The number of methoxy groups -OCH3 is 1. The molecule has 0 aliphatic heterocycles. The van der Waals surface area contributed by atoms with Crippen LogP contribution in [0.3, 0.4) is 0 Å². The molecule has 0 fully saturated rings. The molecule has 0 aliphatic rings. The molecule has 2 rings (SSSR count). The molecule has 24 heavy (non-hydrogen) atoms. The van der Waals surface area contributed by atoms with Crippen molar-refractivity contribution in [2.24, 2.45) is 0 Å². The van der Waals surface area contributed by atoms with Crippen molar-refractivity contribution < 1.29 is 14.3 Å². The Morgan fingerprint density at radius 2 is 1.92 bits per heavy atom. The van der Waals surface area contributed by atoms with Crippen molar-refractivity contribution in [2.75, 3.05) is 7.11 Å². The molecule has 0 spiro atoms. The normalized spacial score (nSPS) is 10.8. The van der Waals surface area contributed by atoms with E-state index in [1.54, 1.807) is 18.2 Å². The molecule has 0 bridgehead atoms. The predicted molar refractivity (Wildman–Crippen MR) is 104 cm³/mol. The third-order valence-electron chi connectivity index (χ3n) is 3.24. The van der Waals surface area contributed by atoms with E-state index in [1.807, 2.05) is 39.0 Å². The standard InChI is InChI=1S/C18H20ClO3P.Li.H/c1-11(2)22-13-8-9-16(12(3)10-13)23-18(20)17-14(19)6-5-7-15(17)21-4;;/h5-11,23H,1-4H3;;. The molecule has 3 nitrogen and oxygen atoms in total. The van der Waals surface area contributed by atoms with Gasteiger partial charge in [-0.25, -0.2) is 0 Å². The number of hydrogen-bond acceptors (Lipinski definition) is 3. The zero-order valence-electron chi connectivity index (χ0n) is 13.6. The molecule has 0 saturated carbocycles. The third kappa shape index (κ3) is 5.26. The van der Waals surface area contributed by atoms with Crippen LogP contribution in [0.1, 0.15) is 29.8 Å². The van der Waals surface area contributed by atoms with Gasteiger partial charge in [0.25, 0.3) is 0 Å². The number of carbonyl (C=O) groups excluding carboxylic acids is 1. The number of carbonyl (C=O) groups is 1. The van der Waals surface area contributed by atoms with Gasteiger partial charge in [0.1, 0.15) is 11.5 Å². The molecule has 1 atom stereocenters. The molecule has 0 amide bonds. The van der Waals surface area contributed by atoms with Gasteiger partial charge in [-0.2, -0.15) is 0 Å². The van der Waals surface area contributed by atoms with Crippen LogP contribution in [0.5, 0.6) is 11.5 Å². The minimum absolute atomic E-state index is 0. The van der Waals surface area contributed by atoms with Crippen molar-refractivity contribution in [3.8, 4) is 11.5 Å². The second-order valence-electron chi connectivity index (χ2n) is 5.41. The molecule has 124 valence electrons. The van der Waals surface area contributed by atoms with Gasteiger partial charge in [-0.3, -0.25) is 4.79 Å². The summed E-state index contributed by atoms with van der Waals surface area (Å²) in [6.45, 7) is 5.95.